The van der Waals surface area contributed by atoms with Gasteiger partial charge in [-0.05, 0) is 74.4 Å². The van der Waals surface area contributed by atoms with Gasteiger partial charge in [-0.15, -0.1) is 0 Å². The number of halogens is 2. The standard InChI is InChI=1S/C26H22ClFN2O3/c1-4-33-19-9-6-17(7-10-19)29-24-23(20-11-5-15(2)13-16(20)3)25(31)30(26(24)32)18-8-12-22(28)21(27)14-18/h5-14,29H,4H2,1-3H3. The van der Waals surface area contributed by atoms with Gasteiger partial charge in [0.15, 0.2) is 0 Å². The van der Waals surface area contributed by atoms with Gasteiger partial charge in [-0.25, -0.2) is 9.29 Å². The number of nitrogens with zero attached hydrogens (tertiary/aromatic N) is 1. The Hall–Kier alpha value is -3.64. The average Bonchev–Trinajstić information content (AvgIpc) is 3.01. The van der Waals surface area contributed by atoms with Gasteiger partial charge < -0.3 is 10.1 Å². The zero-order valence-corrected chi connectivity index (χ0v) is 19.2. The van der Waals surface area contributed by atoms with E-state index in [0.717, 1.165) is 22.1 Å². The van der Waals surface area contributed by atoms with Crippen molar-refractivity contribution in [3.05, 3.63) is 93.9 Å². The van der Waals surface area contributed by atoms with Crippen molar-refractivity contribution in [1.29, 1.82) is 0 Å². The van der Waals surface area contributed by atoms with Crippen LogP contribution < -0.4 is 15.0 Å². The lowest BCUT2D eigenvalue weighted by Gasteiger charge is -2.16. The largest absolute Gasteiger partial charge is 0.494 e. The van der Waals surface area contributed by atoms with Gasteiger partial charge >= 0.3 is 0 Å². The van der Waals surface area contributed by atoms with Crippen molar-refractivity contribution in [3.63, 3.8) is 0 Å². The minimum Gasteiger partial charge on any atom is -0.494 e. The van der Waals surface area contributed by atoms with Crippen molar-refractivity contribution < 1.29 is 18.7 Å². The van der Waals surface area contributed by atoms with Gasteiger partial charge in [-0.1, -0.05) is 35.4 Å². The van der Waals surface area contributed by atoms with E-state index < -0.39 is 17.6 Å². The van der Waals surface area contributed by atoms with Crippen molar-refractivity contribution in [2.75, 3.05) is 16.8 Å². The van der Waals surface area contributed by atoms with E-state index in [4.69, 9.17) is 16.3 Å². The van der Waals surface area contributed by atoms with E-state index in [9.17, 15) is 14.0 Å². The quantitative estimate of drug-likeness (QED) is 0.462. The van der Waals surface area contributed by atoms with Crippen molar-refractivity contribution in [3.8, 4) is 5.75 Å². The number of rotatable bonds is 6. The first-order valence-electron chi connectivity index (χ1n) is 10.5. The highest BCUT2D eigenvalue weighted by Gasteiger charge is 2.41. The van der Waals surface area contributed by atoms with Crippen molar-refractivity contribution in [2.45, 2.75) is 20.8 Å². The number of nitrogens with one attached hydrogen (secondary N) is 1. The number of ether oxygens (including phenoxy) is 1. The molecule has 1 N–H and O–H groups in total. The van der Waals surface area contributed by atoms with E-state index in [1.807, 2.05) is 39.0 Å². The summed E-state index contributed by atoms with van der Waals surface area (Å²) in [5, 5.41) is 2.94. The summed E-state index contributed by atoms with van der Waals surface area (Å²) in [6, 6.07) is 16.5. The van der Waals surface area contributed by atoms with Crippen molar-refractivity contribution in [1.82, 2.24) is 0 Å². The van der Waals surface area contributed by atoms with Crippen molar-refractivity contribution in [2.24, 2.45) is 0 Å². The highest BCUT2D eigenvalue weighted by molar-refractivity contribution is 6.46. The third-order valence-electron chi connectivity index (χ3n) is 5.33. The van der Waals surface area contributed by atoms with Crippen LogP contribution in [0.1, 0.15) is 23.6 Å². The van der Waals surface area contributed by atoms with Crippen LogP contribution in [0.3, 0.4) is 0 Å². The number of anilines is 2. The van der Waals surface area contributed by atoms with Gasteiger partial charge in [-0.3, -0.25) is 9.59 Å². The molecule has 3 aromatic carbocycles. The fourth-order valence-electron chi connectivity index (χ4n) is 3.79. The van der Waals surface area contributed by atoms with Crippen LogP contribution in [-0.2, 0) is 9.59 Å². The molecule has 0 spiro atoms. The molecule has 4 rings (SSSR count). The van der Waals surface area contributed by atoms with Crippen LogP contribution in [0.25, 0.3) is 5.57 Å². The first-order valence-corrected chi connectivity index (χ1v) is 10.8. The first-order chi connectivity index (χ1) is 15.8. The minimum atomic E-state index is -0.630. The predicted molar refractivity (Wildman–Crippen MR) is 128 cm³/mol. The summed E-state index contributed by atoms with van der Waals surface area (Å²) >= 11 is 5.93. The summed E-state index contributed by atoms with van der Waals surface area (Å²) in [4.78, 5) is 28.0. The molecule has 168 valence electrons. The maximum atomic E-state index is 13.7. The Balaban J connectivity index is 1.81. The SMILES string of the molecule is CCOc1ccc(NC2=C(c3ccc(C)cc3C)C(=O)N(c3ccc(F)c(Cl)c3)C2=O)cc1. The Morgan fingerprint density at radius 2 is 1.70 bits per heavy atom. The van der Waals surface area contributed by atoms with Gasteiger partial charge in [0.1, 0.15) is 17.3 Å². The van der Waals surface area contributed by atoms with Crippen LogP contribution in [-0.4, -0.2) is 18.4 Å². The number of benzene rings is 3. The summed E-state index contributed by atoms with van der Waals surface area (Å²) in [7, 11) is 0. The molecule has 7 heteroatoms. The third-order valence-corrected chi connectivity index (χ3v) is 5.62. The zero-order chi connectivity index (χ0) is 23.7. The molecule has 1 aliphatic heterocycles. The predicted octanol–water partition coefficient (Wildman–Crippen LogP) is 5.89. The molecule has 0 saturated heterocycles. The van der Waals surface area contributed by atoms with Gasteiger partial charge in [0, 0.05) is 5.69 Å². The lowest BCUT2D eigenvalue weighted by Crippen LogP contribution is -2.32. The fourth-order valence-corrected chi connectivity index (χ4v) is 3.97. The molecule has 0 unspecified atom stereocenters. The second-order valence-corrected chi connectivity index (χ2v) is 8.10. The number of carbonyl (C=O) groups excluding carboxylic acids is 2. The molecule has 3 aromatic rings. The summed E-state index contributed by atoms with van der Waals surface area (Å²) in [5.74, 6) is -0.993. The summed E-state index contributed by atoms with van der Waals surface area (Å²) in [6.45, 7) is 6.28. The second-order valence-electron chi connectivity index (χ2n) is 7.69. The Morgan fingerprint density at radius 3 is 2.33 bits per heavy atom. The Bertz CT molecular complexity index is 1290. The van der Waals surface area contributed by atoms with E-state index in [0.29, 0.717) is 23.6 Å². The lowest BCUT2D eigenvalue weighted by molar-refractivity contribution is -0.120. The maximum absolute atomic E-state index is 13.7. The second kappa shape index (κ2) is 9.08. The third kappa shape index (κ3) is 4.34. The molecule has 1 heterocycles. The summed E-state index contributed by atoms with van der Waals surface area (Å²) < 4.78 is 19.2. The Kier molecular flexibility index (Phi) is 6.20. The van der Waals surface area contributed by atoms with Crippen LogP contribution in [0.15, 0.2) is 66.4 Å². The maximum Gasteiger partial charge on any atom is 0.282 e. The molecule has 0 atom stereocenters. The summed E-state index contributed by atoms with van der Waals surface area (Å²) in [5.41, 5.74) is 3.73. The van der Waals surface area contributed by atoms with Gasteiger partial charge in [-0.2, -0.15) is 0 Å². The summed E-state index contributed by atoms with van der Waals surface area (Å²) in [6.07, 6.45) is 0. The molecule has 5 nitrogen and oxygen atoms in total. The van der Waals surface area contributed by atoms with E-state index in [1.54, 1.807) is 24.3 Å². The average molecular weight is 465 g/mol. The monoisotopic (exact) mass is 464 g/mol. The van der Waals surface area contributed by atoms with E-state index in [2.05, 4.69) is 5.32 Å². The van der Waals surface area contributed by atoms with Crippen LogP contribution in [0.4, 0.5) is 15.8 Å². The minimum absolute atomic E-state index is 0.136. The van der Waals surface area contributed by atoms with E-state index in [1.165, 1.54) is 12.1 Å². The highest BCUT2D eigenvalue weighted by atomic mass is 35.5. The number of amides is 2. The molecule has 0 aromatic heterocycles. The Labute approximate surface area is 196 Å². The number of aryl methyl sites for hydroxylation is 2. The topological polar surface area (TPSA) is 58.6 Å². The highest BCUT2D eigenvalue weighted by Crippen LogP contribution is 2.36. The number of hydrogen-bond donors (Lipinski definition) is 1. The smallest absolute Gasteiger partial charge is 0.282 e. The van der Waals surface area contributed by atoms with E-state index >= 15 is 0 Å². The molecule has 2 amide bonds. The van der Waals surface area contributed by atoms with Crippen LogP contribution in [0.5, 0.6) is 5.75 Å². The molecule has 0 aliphatic carbocycles. The van der Waals surface area contributed by atoms with Crippen LogP contribution in [0.2, 0.25) is 5.02 Å². The number of carbonyl (C=O) groups is 2. The van der Waals surface area contributed by atoms with E-state index in [-0.39, 0.29) is 22.0 Å². The molecule has 33 heavy (non-hydrogen) atoms. The molecule has 0 radical (unpaired) electrons. The number of hydrogen-bond acceptors (Lipinski definition) is 4. The molecular weight excluding hydrogens is 443 g/mol. The molecular formula is C26H22ClFN2O3. The fraction of sp³-hybridized carbons (Fsp3) is 0.154. The normalized spacial score (nSPS) is 13.7. The number of imide groups is 1. The molecule has 1 aliphatic rings. The lowest BCUT2D eigenvalue weighted by atomic mass is 9.97. The van der Waals surface area contributed by atoms with Crippen LogP contribution in [0, 0.1) is 19.7 Å². The van der Waals surface area contributed by atoms with Crippen molar-refractivity contribution >= 4 is 40.4 Å². The van der Waals surface area contributed by atoms with Gasteiger partial charge in [0.05, 0.1) is 22.9 Å². The zero-order valence-electron chi connectivity index (χ0n) is 18.4. The molecule has 0 bridgehead atoms. The van der Waals surface area contributed by atoms with Gasteiger partial charge in [0.2, 0.25) is 0 Å². The Morgan fingerprint density at radius 1 is 0.970 bits per heavy atom. The first kappa shape index (κ1) is 22.6. The van der Waals surface area contributed by atoms with Gasteiger partial charge in [0.25, 0.3) is 11.8 Å². The molecule has 0 saturated carbocycles. The van der Waals surface area contributed by atoms with Crippen LogP contribution >= 0.6 is 11.6 Å². The molecule has 0 fully saturated rings.